The first-order valence-electron chi connectivity index (χ1n) is 6.52. The summed E-state index contributed by atoms with van der Waals surface area (Å²) in [6.45, 7) is 3.78. The molecule has 1 aliphatic rings. The molecule has 1 aromatic rings. The molecule has 0 aromatic carbocycles. The third kappa shape index (κ3) is 3.14. The summed E-state index contributed by atoms with van der Waals surface area (Å²) < 4.78 is 5.16. The molecule has 0 amide bonds. The van der Waals surface area contributed by atoms with Crippen molar-refractivity contribution in [2.45, 2.75) is 58.3 Å². The van der Waals surface area contributed by atoms with E-state index in [1.807, 2.05) is 13.8 Å². The molecule has 0 bridgehead atoms. The van der Waals surface area contributed by atoms with Crippen molar-refractivity contribution in [2.24, 2.45) is 5.92 Å². The van der Waals surface area contributed by atoms with Crippen molar-refractivity contribution in [1.82, 2.24) is 10.1 Å². The van der Waals surface area contributed by atoms with Gasteiger partial charge in [0.05, 0.1) is 6.42 Å². The lowest BCUT2D eigenvalue weighted by Gasteiger charge is -2.17. The molecule has 4 heteroatoms. The fourth-order valence-corrected chi connectivity index (χ4v) is 2.22. The average Bonchev–Trinajstić information content (AvgIpc) is 2.78. The van der Waals surface area contributed by atoms with Crippen LogP contribution in [-0.4, -0.2) is 15.9 Å². The first-order valence-corrected chi connectivity index (χ1v) is 6.52. The van der Waals surface area contributed by atoms with Crippen molar-refractivity contribution in [3.63, 3.8) is 0 Å². The minimum atomic E-state index is 0.0278. The topological polar surface area (TPSA) is 56.0 Å². The van der Waals surface area contributed by atoms with Crippen LogP contribution in [0.15, 0.2) is 4.52 Å². The molecule has 1 aromatic heterocycles. The fourth-order valence-electron chi connectivity index (χ4n) is 2.22. The second-order valence-electron chi connectivity index (χ2n) is 5.18. The summed E-state index contributed by atoms with van der Waals surface area (Å²) in [5.41, 5.74) is 0. The minimum Gasteiger partial charge on any atom is -0.339 e. The van der Waals surface area contributed by atoms with Gasteiger partial charge in [0.25, 0.3) is 0 Å². The van der Waals surface area contributed by atoms with Gasteiger partial charge in [0.15, 0.2) is 5.82 Å². The van der Waals surface area contributed by atoms with Crippen LogP contribution in [0.5, 0.6) is 0 Å². The number of aromatic nitrogens is 2. The lowest BCUT2D eigenvalue weighted by Crippen LogP contribution is -2.11. The number of hydrogen-bond acceptors (Lipinski definition) is 4. The van der Waals surface area contributed by atoms with Crippen LogP contribution in [0.1, 0.15) is 63.6 Å². The molecule has 1 heterocycles. The number of carbonyl (C=O) groups excluding carboxylic acids is 1. The third-order valence-electron chi connectivity index (χ3n) is 3.42. The molecule has 17 heavy (non-hydrogen) atoms. The average molecular weight is 236 g/mol. The molecule has 0 spiro atoms. The molecule has 0 atom stereocenters. The van der Waals surface area contributed by atoms with Crippen LogP contribution in [0.4, 0.5) is 0 Å². The monoisotopic (exact) mass is 236 g/mol. The number of rotatable bonds is 4. The van der Waals surface area contributed by atoms with E-state index in [0.717, 1.165) is 18.7 Å². The summed E-state index contributed by atoms with van der Waals surface area (Å²) in [4.78, 5) is 15.9. The Bertz CT molecular complexity index is 379. The van der Waals surface area contributed by atoms with Crippen LogP contribution in [0, 0.1) is 5.92 Å². The van der Waals surface area contributed by atoms with Gasteiger partial charge in [-0.3, -0.25) is 4.79 Å². The van der Waals surface area contributed by atoms with E-state index < -0.39 is 0 Å². The zero-order valence-corrected chi connectivity index (χ0v) is 10.6. The maximum absolute atomic E-state index is 11.6. The zero-order valence-electron chi connectivity index (χ0n) is 10.6. The van der Waals surface area contributed by atoms with Gasteiger partial charge in [-0.25, -0.2) is 0 Å². The SMILES string of the molecule is CC(C)C(=O)Cc1nc(C2CCCCC2)no1. The van der Waals surface area contributed by atoms with E-state index in [1.54, 1.807) is 0 Å². The Kier molecular flexibility index (Phi) is 3.92. The van der Waals surface area contributed by atoms with E-state index in [1.165, 1.54) is 19.3 Å². The third-order valence-corrected chi connectivity index (χ3v) is 3.42. The Labute approximate surface area is 102 Å². The summed E-state index contributed by atoms with van der Waals surface area (Å²) >= 11 is 0. The van der Waals surface area contributed by atoms with Gasteiger partial charge in [-0.05, 0) is 12.8 Å². The first-order chi connectivity index (χ1) is 8.16. The highest BCUT2D eigenvalue weighted by atomic mass is 16.5. The van der Waals surface area contributed by atoms with Crippen molar-refractivity contribution in [3.05, 3.63) is 11.7 Å². The Balaban J connectivity index is 1.97. The molecule has 0 N–H and O–H groups in total. The van der Waals surface area contributed by atoms with Crippen LogP contribution in [-0.2, 0) is 11.2 Å². The second-order valence-corrected chi connectivity index (χ2v) is 5.18. The maximum Gasteiger partial charge on any atom is 0.234 e. The molecular weight excluding hydrogens is 216 g/mol. The highest BCUT2D eigenvalue weighted by Crippen LogP contribution is 2.30. The summed E-state index contributed by atoms with van der Waals surface area (Å²) in [7, 11) is 0. The van der Waals surface area contributed by atoms with Crippen molar-refractivity contribution < 1.29 is 9.32 Å². The predicted octanol–water partition coefficient (Wildman–Crippen LogP) is 2.88. The van der Waals surface area contributed by atoms with Crippen molar-refractivity contribution in [2.75, 3.05) is 0 Å². The molecule has 0 radical (unpaired) electrons. The second kappa shape index (κ2) is 5.43. The van der Waals surface area contributed by atoms with Crippen LogP contribution in [0.3, 0.4) is 0 Å². The van der Waals surface area contributed by atoms with Crippen LogP contribution in [0.2, 0.25) is 0 Å². The summed E-state index contributed by atoms with van der Waals surface area (Å²) in [6, 6.07) is 0. The first kappa shape index (κ1) is 12.3. The molecule has 1 aliphatic carbocycles. The summed E-state index contributed by atoms with van der Waals surface area (Å²) in [5, 5.41) is 4.01. The molecular formula is C13H20N2O2. The lowest BCUT2D eigenvalue weighted by atomic mass is 9.89. The molecule has 2 rings (SSSR count). The molecule has 1 saturated carbocycles. The molecule has 1 fully saturated rings. The smallest absolute Gasteiger partial charge is 0.234 e. The Morgan fingerprint density at radius 3 is 2.71 bits per heavy atom. The quantitative estimate of drug-likeness (QED) is 0.806. The fraction of sp³-hybridized carbons (Fsp3) is 0.769. The number of ketones is 1. The summed E-state index contributed by atoms with van der Waals surface area (Å²) in [6.07, 6.45) is 6.39. The highest BCUT2D eigenvalue weighted by Gasteiger charge is 2.21. The highest BCUT2D eigenvalue weighted by molar-refractivity contribution is 5.81. The van der Waals surface area contributed by atoms with Gasteiger partial charge >= 0.3 is 0 Å². The number of hydrogen-bond donors (Lipinski definition) is 0. The normalized spacial score (nSPS) is 17.6. The van der Waals surface area contributed by atoms with E-state index in [2.05, 4.69) is 10.1 Å². The number of nitrogens with zero attached hydrogens (tertiary/aromatic N) is 2. The Morgan fingerprint density at radius 2 is 2.06 bits per heavy atom. The van der Waals surface area contributed by atoms with Crippen LogP contribution < -0.4 is 0 Å². The largest absolute Gasteiger partial charge is 0.339 e. The van der Waals surface area contributed by atoms with Crippen molar-refractivity contribution in [3.8, 4) is 0 Å². The predicted molar refractivity (Wildman–Crippen MR) is 63.7 cm³/mol. The van der Waals surface area contributed by atoms with Gasteiger partial charge in [0.2, 0.25) is 5.89 Å². The molecule has 0 unspecified atom stereocenters. The Morgan fingerprint density at radius 1 is 1.35 bits per heavy atom. The number of Topliss-reactive ketones (excluding diaryl/α,β-unsaturated/α-hetero) is 1. The van der Waals surface area contributed by atoms with E-state index in [9.17, 15) is 4.79 Å². The van der Waals surface area contributed by atoms with Gasteiger partial charge in [-0.15, -0.1) is 0 Å². The molecule has 0 saturated heterocycles. The molecule has 0 aliphatic heterocycles. The maximum atomic E-state index is 11.6. The van der Waals surface area contributed by atoms with E-state index >= 15 is 0 Å². The standard InChI is InChI=1S/C13H20N2O2/c1-9(2)11(16)8-12-14-13(15-17-12)10-6-4-3-5-7-10/h9-10H,3-8H2,1-2H3. The molecule has 4 nitrogen and oxygen atoms in total. The van der Waals surface area contributed by atoms with Gasteiger partial charge in [0.1, 0.15) is 5.78 Å². The lowest BCUT2D eigenvalue weighted by molar-refractivity contribution is -0.121. The summed E-state index contributed by atoms with van der Waals surface area (Å²) in [5.74, 6) is 1.90. The Hall–Kier alpha value is -1.19. The van der Waals surface area contributed by atoms with Gasteiger partial charge < -0.3 is 4.52 Å². The van der Waals surface area contributed by atoms with Gasteiger partial charge in [0, 0.05) is 11.8 Å². The van der Waals surface area contributed by atoms with Gasteiger partial charge in [-0.2, -0.15) is 4.98 Å². The van der Waals surface area contributed by atoms with Crippen molar-refractivity contribution >= 4 is 5.78 Å². The van der Waals surface area contributed by atoms with Crippen LogP contribution in [0.25, 0.3) is 0 Å². The van der Waals surface area contributed by atoms with Crippen molar-refractivity contribution in [1.29, 1.82) is 0 Å². The van der Waals surface area contributed by atoms with E-state index in [-0.39, 0.29) is 18.1 Å². The van der Waals surface area contributed by atoms with E-state index in [4.69, 9.17) is 4.52 Å². The zero-order chi connectivity index (χ0) is 12.3. The minimum absolute atomic E-state index is 0.0278. The number of carbonyl (C=O) groups is 1. The van der Waals surface area contributed by atoms with Crippen LogP contribution >= 0.6 is 0 Å². The molecule has 94 valence electrons. The van der Waals surface area contributed by atoms with E-state index in [0.29, 0.717) is 11.8 Å². The van der Waals surface area contributed by atoms with Gasteiger partial charge in [-0.1, -0.05) is 38.3 Å².